The highest BCUT2D eigenvalue weighted by molar-refractivity contribution is 6.30. The normalized spacial score (nSPS) is 33.9. The molecule has 3 amide bonds. The van der Waals surface area contributed by atoms with Crippen LogP contribution in [0.2, 0.25) is 5.02 Å². The maximum atomic E-state index is 14.2. The highest BCUT2D eigenvalue weighted by Crippen LogP contribution is 2.55. The highest BCUT2D eigenvalue weighted by atomic mass is 35.5. The molecule has 1 saturated carbocycles. The number of unbranched alkanes of at least 4 members (excludes halogenated alkanes) is 1. The van der Waals surface area contributed by atoms with Crippen molar-refractivity contribution >= 4 is 35.0 Å². The molecule has 3 aliphatic heterocycles. The van der Waals surface area contributed by atoms with E-state index in [-0.39, 0.29) is 23.8 Å². The molecule has 1 spiro atoms. The summed E-state index contributed by atoms with van der Waals surface area (Å²) in [6.07, 6.45) is 9.36. The summed E-state index contributed by atoms with van der Waals surface area (Å²) in [6, 6.07) is 6.15. The molecule has 6 unspecified atom stereocenters. The Bertz CT molecular complexity index is 1160. The Morgan fingerprint density at radius 3 is 2.59 bits per heavy atom. The van der Waals surface area contributed by atoms with Gasteiger partial charge in [0.2, 0.25) is 17.7 Å². The van der Waals surface area contributed by atoms with Gasteiger partial charge in [-0.1, -0.05) is 63.8 Å². The fourth-order valence-corrected chi connectivity index (χ4v) is 7.49. The maximum absolute atomic E-state index is 14.2. The average molecular weight is 585 g/mol. The van der Waals surface area contributed by atoms with Crippen LogP contribution in [-0.2, 0) is 19.1 Å². The van der Waals surface area contributed by atoms with Crippen molar-refractivity contribution in [1.29, 1.82) is 0 Å². The minimum Gasteiger partial charge on any atom is -0.359 e. The minimum atomic E-state index is -1.15. The van der Waals surface area contributed by atoms with Crippen LogP contribution < -0.4 is 10.6 Å². The van der Waals surface area contributed by atoms with Crippen LogP contribution in [0.5, 0.6) is 0 Å². The second-order valence-electron chi connectivity index (χ2n) is 12.6. The lowest BCUT2D eigenvalue weighted by molar-refractivity contribution is -0.141. The van der Waals surface area contributed by atoms with E-state index < -0.39 is 29.6 Å². The molecule has 1 aromatic rings. The van der Waals surface area contributed by atoms with Crippen molar-refractivity contribution in [3.63, 3.8) is 0 Å². The van der Waals surface area contributed by atoms with Crippen molar-refractivity contribution in [2.75, 3.05) is 32.0 Å². The Morgan fingerprint density at radius 1 is 1.12 bits per heavy atom. The van der Waals surface area contributed by atoms with Crippen LogP contribution in [0.25, 0.3) is 0 Å². The summed E-state index contributed by atoms with van der Waals surface area (Å²) >= 11 is 6.02. The monoisotopic (exact) mass is 584 g/mol. The molecule has 9 heteroatoms. The molecule has 3 heterocycles. The molecule has 1 aliphatic carbocycles. The van der Waals surface area contributed by atoms with Gasteiger partial charge in [0.25, 0.3) is 0 Å². The Hall–Kier alpha value is -2.42. The summed E-state index contributed by atoms with van der Waals surface area (Å²) in [5.41, 5.74) is -0.543. The summed E-state index contributed by atoms with van der Waals surface area (Å²) in [7, 11) is 2.09. The van der Waals surface area contributed by atoms with E-state index in [0.717, 1.165) is 51.6 Å². The van der Waals surface area contributed by atoms with Crippen LogP contribution in [0.4, 0.5) is 5.69 Å². The first-order valence-corrected chi connectivity index (χ1v) is 15.8. The van der Waals surface area contributed by atoms with E-state index >= 15 is 0 Å². The number of benzene rings is 1. The summed E-state index contributed by atoms with van der Waals surface area (Å²) in [4.78, 5) is 45.9. The SMILES string of the molecule is CCCCN(C)CCCN1C(=O)[C@H]2C(C(=O)Nc3ccc(Cl)cc3)[C@H]3C=CC2(O3)C1C(=O)NC1CCCC(C)C1C. The number of amides is 3. The quantitative estimate of drug-likeness (QED) is 0.374. The molecule has 1 aromatic carbocycles. The zero-order valence-corrected chi connectivity index (χ0v) is 25.5. The van der Waals surface area contributed by atoms with Crippen LogP contribution in [0.3, 0.4) is 0 Å². The van der Waals surface area contributed by atoms with E-state index in [4.69, 9.17) is 16.3 Å². The Morgan fingerprint density at radius 2 is 1.85 bits per heavy atom. The zero-order chi connectivity index (χ0) is 29.3. The zero-order valence-electron chi connectivity index (χ0n) is 24.8. The molecule has 4 aliphatic rings. The molecular formula is C32H45ClN4O4. The van der Waals surface area contributed by atoms with Gasteiger partial charge in [-0.25, -0.2) is 0 Å². The van der Waals surface area contributed by atoms with E-state index in [0.29, 0.717) is 29.1 Å². The number of nitrogens with one attached hydrogen (secondary N) is 2. The first-order chi connectivity index (χ1) is 19.7. The fourth-order valence-electron chi connectivity index (χ4n) is 7.36. The van der Waals surface area contributed by atoms with Gasteiger partial charge >= 0.3 is 0 Å². The van der Waals surface area contributed by atoms with Crippen LogP contribution in [0.1, 0.15) is 59.3 Å². The Labute approximate surface area is 249 Å². The topological polar surface area (TPSA) is 91.0 Å². The second kappa shape index (κ2) is 12.4. The smallest absolute Gasteiger partial charge is 0.246 e. The van der Waals surface area contributed by atoms with Gasteiger partial charge in [-0.3, -0.25) is 14.4 Å². The van der Waals surface area contributed by atoms with Crippen molar-refractivity contribution in [2.45, 2.75) is 83.1 Å². The molecule has 0 radical (unpaired) electrons. The van der Waals surface area contributed by atoms with Crippen LogP contribution in [-0.4, -0.2) is 78.0 Å². The summed E-state index contributed by atoms with van der Waals surface area (Å²) in [6.45, 7) is 8.88. The number of carbonyl (C=O) groups excluding carboxylic acids is 3. The molecule has 224 valence electrons. The molecule has 3 fully saturated rings. The Kier molecular flexibility index (Phi) is 9.12. The number of nitrogens with zero attached hydrogens (tertiary/aromatic N) is 2. The predicted octanol–water partition coefficient (Wildman–Crippen LogP) is 4.49. The van der Waals surface area contributed by atoms with Gasteiger partial charge in [0, 0.05) is 23.3 Å². The number of fused-ring (bicyclic) bond motifs is 1. The lowest BCUT2D eigenvalue weighted by Crippen LogP contribution is -2.58. The van der Waals surface area contributed by atoms with Crippen molar-refractivity contribution < 1.29 is 19.1 Å². The molecule has 2 N–H and O–H groups in total. The molecule has 41 heavy (non-hydrogen) atoms. The van der Waals surface area contributed by atoms with Crippen molar-refractivity contribution in [3.8, 4) is 0 Å². The van der Waals surface area contributed by atoms with Crippen LogP contribution >= 0.6 is 11.6 Å². The largest absolute Gasteiger partial charge is 0.359 e. The van der Waals surface area contributed by atoms with E-state index in [9.17, 15) is 14.4 Å². The number of anilines is 1. The molecule has 8 atom stereocenters. The number of hydrogen-bond acceptors (Lipinski definition) is 5. The number of ether oxygens (including phenoxy) is 1. The van der Waals surface area contributed by atoms with Gasteiger partial charge in [-0.15, -0.1) is 0 Å². The fraction of sp³-hybridized carbons (Fsp3) is 0.656. The van der Waals surface area contributed by atoms with Crippen molar-refractivity contribution in [2.24, 2.45) is 23.7 Å². The van der Waals surface area contributed by atoms with Crippen LogP contribution in [0, 0.1) is 23.7 Å². The first-order valence-electron chi connectivity index (χ1n) is 15.4. The summed E-state index contributed by atoms with van der Waals surface area (Å²) < 4.78 is 6.50. The lowest BCUT2D eigenvalue weighted by Gasteiger charge is -2.38. The summed E-state index contributed by atoms with van der Waals surface area (Å²) in [5.74, 6) is -1.21. The number of carbonyl (C=O) groups is 3. The van der Waals surface area contributed by atoms with E-state index in [1.165, 1.54) is 0 Å². The van der Waals surface area contributed by atoms with E-state index in [2.05, 4.69) is 43.4 Å². The lowest BCUT2D eigenvalue weighted by atomic mass is 9.73. The summed E-state index contributed by atoms with van der Waals surface area (Å²) in [5, 5.41) is 6.85. The average Bonchev–Trinajstić information content (AvgIpc) is 3.59. The van der Waals surface area contributed by atoms with Crippen molar-refractivity contribution in [1.82, 2.24) is 15.1 Å². The molecule has 0 aromatic heterocycles. The number of likely N-dealkylation sites (tertiary alicyclic amines) is 1. The molecular weight excluding hydrogens is 540 g/mol. The minimum absolute atomic E-state index is 0.0606. The van der Waals surface area contributed by atoms with Crippen LogP contribution in [0.15, 0.2) is 36.4 Å². The third-order valence-corrected chi connectivity index (χ3v) is 10.2. The number of rotatable bonds is 11. The van der Waals surface area contributed by atoms with E-state index in [1.807, 2.05) is 12.2 Å². The number of halogens is 1. The molecule has 8 nitrogen and oxygen atoms in total. The van der Waals surface area contributed by atoms with Gasteiger partial charge in [0.05, 0.1) is 17.9 Å². The first kappa shape index (κ1) is 30.1. The third kappa shape index (κ3) is 5.80. The third-order valence-electron chi connectivity index (χ3n) is 9.90. The van der Waals surface area contributed by atoms with Gasteiger partial charge in [-0.2, -0.15) is 0 Å². The molecule has 2 bridgehead atoms. The maximum Gasteiger partial charge on any atom is 0.246 e. The van der Waals surface area contributed by atoms with Gasteiger partial charge < -0.3 is 25.2 Å². The van der Waals surface area contributed by atoms with Gasteiger partial charge in [-0.05, 0) is 75.5 Å². The number of hydrogen-bond donors (Lipinski definition) is 2. The predicted molar refractivity (Wildman–Crippen MR) is 160 cm³/mol. The van der Waals surface area contributed by atoms with Crippen molar-refractivity contribution in [3.05, 3.63) is 41.4 Å². The molecule has 2 saturated heterocycles. The van der Waals surface area contributed by atoms with Gasteiger partial charge in [0.1, 0.15) is 11.6 Å². The Balaban J connectivity index is 1.38. The highest BCUT2D eigenvalue weighted by Gasteiger charge is 2.72. The van der Waals surface area contributed by atoms with Gasteiger partial charge in [0.15, 0.2) is 0 Å². The second-order valence-corrected chi connectivity index (χ2v) is 13.1. The van der Waals surface area contributed by atoms with E-state index in [1.54, 1.807) is 29.2 Å². The molecule has 5 rings (SSSR count). The standard InChI is InChI=1S/C32H45ClN4O4/c1-5-6-17-36(4)18-8-19-37-28(30(39)35-24-10-7-9-20(2)21(24)3)32-16-15-25(41-32)26(27(32)31(37)40)29(38)34-23-13-11-22(33)12-14-23/h11-16,20-21,24-28H,5-10,17-19H2,1-4H3,(H,34,38)(H,35,39)/t20?,21?,24?,25-,26?,27-,28?,32?/m1/s1.